The molecular weight excluding hydrogens is 294 g/mol. The summed E-state index contributed by atoms with van der Waals surface area (Å²) in [6, 6.07) is 11.1. The van der Waals surface area contributed by atoms with E-state index in [0.29, 0.717) is 17.1 Å². The number of aliphatic hydroxyl groups excluding tert-OH is 1. The number of aliphatic hydroxyl groups is 1. The molecular formula is C18H19NO4. The van der Waals surface area contributed by atoms with Crippen molar-refractivity contribution in [2.24, 2.45) is 0 Å². The smallest absolute Gasteiger partial charge is 0.307 e. The van der Waals surface area contributed by atoms with Crippen molar-refractivity contribution in [3.05, 3.63) is 59.4 Å². The number of benzene rings is 1. The number of carboxylic acids is 1. The maximum absolute atomic E-state index is 10.6. The number of hydrogen-bond acceptors (Lipinski definition) is 4. The van der Waals surface area contributed by atoms with Crippen LogP contribution in [0.25, 0.3) is 6.08 Å². The molecule has 1 aromatic heterocycles. The minimum Gasteiger partial charge on any atom is -0.481 e. The third-order valence-corrected chi connectivity index (χ3v) is 3.25. The second-order valence-corrected chi connectivity index (χ2v) is 4.91. The van der Waals surface area contributed by atoms with Crippen LogP contribution in [-0.4, -0.2) is 21.2 Å². The van der Waals surface area contributed by atoms with Gasteiger partial charge in [0.2, 0.25) is 0 Å². The molecule has 0 aliphatic rings. The first-order valence-electron chi connectivity index (χ1n) is 7.39. The summed E-state index contributed by atoms with van der Waals surface area (Å²) in [4.78, 5) is 14.9. The van der Waals surface area contributed by atoms with Gasteiger partial charge in [-0.1, -0.05) is 31.2 Å². The highest BCUT2D eigenvalue weighted by Gasteiger charge is 2.08. The summed E-state index contributed by atoms with van der Waals surface area (Å²) < 4.78 is 5.95. The monoisotopic (exact) mass is 313 g/mol. The predicted octanol–water partition coefficient (Wildman–Crippen LogP) is 3.42. The standard InChI is InChI=1S/C18H19NO4/c1-2-13-6-3-4-8-16(13)23-17-11-10-14(12-20)19-15(17)7-5-9-18(21)22/h3-8,10-11,20H,2,9,12H2,1H3,(H,21,22). The highest BCUT2D eigenvalue weighted by Crippen LogP contribution is 2.28. The van der Waals surface area contributed by atoms with Crippen LogP contribution in [0.5, 0.6) is 11.5 Å². The molecule has 0 unspecified atom stereocenters. The van der Waals surface area contributed by atoms with Gasteiger partial charge in [0, 0.05) is 0 Å². The summed E-state index contributed by atoms with van der Waals surface area (Å²) in [5.41, 5.74) is 2.05. The third-order valence-electron chi connectivity index (χ3n) is 3.25. The lowest BCUT2D eigenvalue weighted by Crippen LogP contribution is -1.97. The number of para-hydroxylation sites is 1. The van der Waals surface area contributed by atoms with E-state index in [9.17, 15) is 9.90 Å². The molecule has 2 N–H and O–H groups in total. The van der Waals surface area contributed by atoms with Gasteiger partial charge in [-0.2, -0.15) is 0 Å². The van der Waals surface area contributed by atoms with Crippen molar-refractivity contribution < 1.29 is 19.7 Å². The Morgan fingerprint density at radius 3 is 2.70 bits per heavy atom. The first kappa shape index (κ1) is 16.7. The lowest BCUT2D eigenvalue weighted by Gasteiger charge is -2.12. The zero-order valence-corrected chi connectivity index (χ0v) is 12.9. The second kappa shape index (κ2) is 8.10. The molecule has 1 aromatic carbocycles. The largest absolute Gasteiger partial charge is 0.481 e. The molecule has 0 spiro atoms. The molecule has 0 saturated heterocycles. The Morgan fingerprint density at radius 2 is 2.00 bits per heavy atom. The number of aliphatic carboxylic acids is 1. The number of hydrogen-bond donors (Lipinski definition) is 2. The molecule has 0 aliphatic carbocycles. The molecule has 0 atom stereocenters. The number of ether oxygens (including phenoxy) is 1. The fraction of sp³-hybridized carbons (Fsp3) is 0.222. The molecule has 23 heavy (non-hydrogen) atoms. The Bertz CT molecular complexity index is 710. The summed E-state index contributed by atoms with van der Waals surface area (Å²) >= 11 is 0. The van der Waals surface area contributed by atoms with Gasteiger partial charge < -0.3 is 14.9 Å². The predicted molar refractivity (Wildman–Crippen MR) is 87.3 cm³/mol. The van der Waals surface area contributed by atoms with E-state index in [2.05, 4.69) is 4.98 Å². The van der Waals surface area contributed by atoms with Gasteiger partial charge in [-0.15, -0.1) is 0 Å². The van der Waals surface area contributed by atoms with E-state index in [4.69, 9.17) is 9.84 Å². The highest BCUT2D eigenvalue weighted by atomic mass is 16.5. The van der Waals surface area contributed by atoms with E-state index >= 15 is 0 Å². The van der Waals surface area contributed by atoms with Crippen LogP contribution in [0.15, 0.2) is 42.5 Å². The topological polar surface area (TPSA) is 79.7 Å². The van der Waals surface area contributed by atoms with Crippen molar-refractivity contribution in [1.29, 1.82) is 0 Å². The molecule has 0 radical (unpaired) electrons. The lowest BCUT2D eigenvalue weighted by molar-refractivity contribution is -0.135. The summed E-state index contributed by atoms with van der Waals surface area (Å²) in [5.74, 6) is 0.338. The van der Waals surface area contributed by atoms with Gasteiger partial charge in [0.15, 0.2) is 5.75 Å². The molecule has 0 bridgehead atoms. The zero-order chi connectivity index (χ0) is 16.7. The van der Waals surface area contributed by atoms with Gasteiger partial charge in [-0.3, -0.25) is 4.79 Å². The first-order chi connectivity index (χ1) is 11.1. The van der Waals surface area contributed by atoms with Gasteiger partial charge in [-0.05, 0) is 36.3 Å². The van der Waals surface area contributed by atoms with E-state index in [-0.39, 0.29) is 13.0 Å². The Kier molecular flexibility index (Phi) is 5.88. The number of nitrogens with zero attached hydrogens (tertiary/aromatic N) is 1. The number of carbonyl (C=O) groups is 1. The van der Waals surface area contributed by atoms with Crippen LogP contribution in [0.3, 0.4) is 0 Å². The molecule has 0 fully saturated rings. The Morgan fingerprint density at radius 1 is 1.22 bits per heavy atom. The molecule has 0 saturated carbocycles. The number of aryl methyl sites for hydroxylation is 1. The van der Waals surface area contributed by atoms with E-state index in [1.54, 1.807) is 18.2 Å². The highest BCUT2D eigenvalue weighted by molar-refractivity contribution is 5.70. The van der Waals surface area contributed by atoms with Gasteiger partial charge in [0.05, 0.1) is 18.7 Å². The van der Waals surface area contributed by atoms with Crippen molar-refractivity contribution >= 4 is 12.0 Å². The minimum absolute atomic E-state index is 0.101. The van der Waals surface area contributed by atoms with E-state index in [1.165, 1.54) is 6.08 Å². The van der Waals surface area contributed by atoms with E-state index in [0.717, 1.165) is 17.7 Å². The summed E-state index contributed by atoms with van der Waals surface area (Å²) in [6.45, 7) is 1.86. The van der Waals surface area contributed by atoms with Crippen molar-refractivity contribution in [3.63, 3.8) is 0 Å². The quantitative estimate of drug-likeness (QED) is 0.819. The fourth-order valence-electron chi connectivity index (χ4n) is 2.08. The SMILES string of the molecule is CCc1ccccc1Oc1ccc(CO)nc1C=CCC(=O)O. The third kappa shape index (κ3) is 4.66. The normalized spacial score (nSPS) is 10.9. The summed E-state index contributed by atoms with van der Waals surface area (Å²) in [5, 5.41) is 17.9. The number of rotatable bonds is 7. The molecule has 5 heteroatoms. The molecule has 0 amide bonds. The summed E-state index contributed by atoms with van der Waals surface area (Å²) in [7, 11) is 0. The van der Waals surface area contributed by atoms with Crippen molar-refractivity contribution in [2.75, 3.05) is 0 Å². The van der Waals surface area contributed by atoms with Gasteiger partial charge in [0.1, 0.15) is 11.4 Å². The van der Waals surface area contributed by atoms with Gasteiger partial charge >= 0.3 is 5.97 Å². The fourth-order valence-corrected chi connectivity index (χ4v) is 2.08. The number of pyridine rings is 1. The zero-order valence-electron chi connectivity index (χ0n) is 12.9. The van der Waals surface area contributed by atoms with Crippen LogP contribution >= 0.6 is 0 Å². The van der Waals surface area contributed by atoms with Gasteiger partial charge in [-0.25, -0.2) is 4.98 Å². The first-order valence-corrected chi connectivity index (χ1v) is 7.39. The molecule has 120 valence electrons. The van der Waals surface area contributed by atoms with Crippen LogP contribution in [0.2, 0.25) is 0 Å². The number of aromatic nitrogens is 1. The van der Waals surface area contributed by atoms with Crippen molar-refractivity contribution in [2.45, 2.75) is 26.4 Å². The van der Waals surface area contributed by atoms with Gasteiger partial charge in [0.25, 0.3) is 0 Å². The van der Waals surface area contributed by atoms with Crippen LogP contribution in [0.1, 0.15) is 30.3 Å². The Hall–Kier alpha value is -2.66. The molecule has 0 aliphatic heterocycles. The van der Waals surface area contributed by atoms with Crippen LogP contribution in [0, 0.1) is 0 Å². The van der Waals surface area contributed by atoms with Crippen LogP contribution < -0.4 is 4.74 Å². The minimum atomic E-state index is -0.918. The second-order valence-electron chi connectivity index (χ2n) is 4.91. The maximum atomic E-state index is 10.6. The molecule has 5 nitrogen and oxygen atoms in total. The van der Waals surface area contributed by atoms with E-state index < -0.39 is 5.97 Å². The lowest BCUT2D eigenvalue weighted by atomic mass is 10.1. The molecule has 1 heterocycles. The average molecular weight is 313 g/mol. The van der Waals surface area contributed by atoms with Crippen LogP contribution in [-0.2, 0) is 17.8 Å². The summed E-state index contributed by atoms with van der Waals surface area (Å²) in [6.07, 6.45) is 3.83. The Labute approximate surface area is 134 Å². The molecule has 2 rings (SSSR count). The number of carboxylic acid groups (broad SMARTS) is 1. The van der Waals surface area contributed by atoms with Crippen molar-refractivity contribution in [1.82, 2.24) is 4.98 Å². The Balaban J connectivity index is 2.33. The average Bonchev–Trinajstić information content (AvgIpc) is 2.56. The molecule has 2 aromatic rings. The van der Waals surface area contributed by atoms with E-state index in [1.807, 2.05) is 31.2 Å². The van der Waals surface area contributed by atoms with Crippen LogP contribution in [0.4, 0.5) is 0 Å². The maximum Gasteiger partial charge on any atom is 0.307 e. The van der Waals surface area contributed by atoms with Crippen molar-refractivity contribution in [3.8, 4) is 11.5 Å².